The van der Waals surface area contributed by atoms with Gasteiger partial charge in [-0.25, -0.2) is 15.0 Å². The summed E-state index contributed by atoms with van der Waals surface area (Å²) in [6.45, 7) is 15.4. The van der Waals surface area contributed by atoms with Gasteiger partial charge >= 0.3 is 0 Å². The Morgan fingerprint density at radius 3 is 1.32 bits per heavy atom. The van der Waals surface area contributed by atoms with Crippen LogP contribution in [0.1, 0.15) is 98.2 Å². The van der Waals surface area contributed by atoms with Gasteiger partial charge in [-0.1, -0.05) is 48.5 Å². The highest BCUT2D eigenvalue weighted by molar-refractivity contribution is 6.24. The molecule has 0 atom stereocenters. The predicted molar refractivity (Wildman–Crippen MR) is 170 cm³/mol. The van der Waals surface area contributed by atoms with Crippen LogP contribution in [0.4, 0.5) is 0 Å². The van der Waals surface area contributed by atoms with E-state index in [-0.39, 0.29) is 0 Å². The van der Waals surface area contributed by atoms with Gasteiger partial charge in [0.2, 0.25) is 0 Å². The number of allylic oxidation sites excluding steroid dienone is 8. The fourth-order valence-electron chi connectivity index (χ4n) is 6.70. The number of aliphatic hydroxyl groups is 1. The summed E-state index contributed by atoms with van der Waals surface area (Å²) in [5, 5.41) is 12.1. The summed E-state index contributed by atoms with van der Waals surface area (Å²) >= 11 is 0. The van der Waals surface area contributed by atoms with Crippen molar-refractivity contribution < 1.29 is 5.11 Å². The molecule has 1 aromatic heterocycles. The number of fused-ring (bicyclic) bond motifs is 5. The molecule has 0 fully saturated rings. The molecule has 8 bridgehead atoms. The molecule has 0 unspecified atom stereocenters. The zero-order chi connectivity index (χ0) is 28.6. The van der Waals surface area contributed by atoms with E-state index in [2.05, 4.69) is 77.8 Å². The summed E-state index contributed by atoms with van der Waals surface area (Å²) in [5.74, 6) is 0. The number of H-pyrrole nitrogens is 1. The standard InChI is InChI=1S/C35H42N4O/c1-8-20-21(9-2)29-16-31-24(12-5)25(13-6)33(38-31)18-35-27(19-40)26(14-7)34(39-35)17-32-23(11-4)22(10-3)30(37-32)15-28(20)36-29/h15-19,39-40H,8-14H2,1-7H3. The van der Waals surface area contributed by atoms with Crippen LogP contribution in [0.3, 0.4) is 0 Å². The molecule has 208 valence electrons. The average molecular weight is 535 g/mol. The third-order valence-corrected chi connectivity index (χ3v) is 8.59. The Morgan fingerprint density at radius 1 is 0.550 bits per heavy atom. The van der Waals surface area contributed by atoms with Crippen LogP contribution in [-0.4, -0.2) is 27.2 Å². The molecule has 0 saturated carbocycles. The summed E-state index contributed by atoms with van der Waals surface area (Å²) in [6.07, 6.45) is 16.2. The second-order valence-corrected chi connectivity index (χ2v) is 10.5. The van der Waals surface area contributed by atoms with E-state index in [0.29, 0.717) is 0 Å². The molecule has 5 rings (SSSR count). The van der Waals surface area contributed by atoms with Gasteiger partial charge in [0.25, 0.3) is 0 Å². The number of rotatable bonds is 7. The Bertz CT molecular complexity index is 1670. The van der Waals surface area contributed by atoms with Gasteiger partial charge in [0, 0.05) is 10.9 Å². The van der Waals surface area contributed by atoms with Crippen LogP contribution in [0.25, 0.3) is 18.4 Å². The first-order chi connectivity index (χ1) is 19.5. The maximum Gasteiger partial charge on any atom is 0.0888 e. The highest BCUT2D eigenvalue weighted by Crippen LogP contribution is 2.37. The molecule has 1 aromatic rings. The summed E-state index contributed by atoms with van der Waals surface area (Å²) < 4.78 is 0. The molecular weight excluding hydrogens is 492 g/mol. The van der Waals surface area contributed by atoms with Gasteiger partial charge in [-0.05, 0) is 108 Å². The second kappa shape index (κ2) is 11.4. The van der Waals surface area contributed by atoms with Crippen molar-refractivity contribution >= 4 is 35.5 Å². The molecule has 0 aliphatic carbocycles. The number of aliphatic imine (C=N–C) groups is 3. The lowest BCUT2D eigenvalue weighted by Gasteiger charge is -2.07. The molecule has 0 radical (unpaired) electrons. The topological polar surface area (TPSA) is 73.1 Å². The van der Waals surface area contributed by atoms with Crippen molar-refractivity contribution in [1.29, 1.82) is 0 Å². The van der Waals surface area contributed by atoms with Crippen LogP contribution in [0.2, 0.25) is 0 Å². The lowest BCUT2D eigenvalue weighted by atomic mass is 9.95. The monoisotopic (exact) mass is 534 g/mol. The first kappa shape index (κ1) is 27.8. The van der Waals surface area contributed by atoms with Gasteiger partial charge in [0.1, 0.15) is 0 Å². The van der Waals surface area contributed by atoms with Crippen molar-refractivity contribution in [3.8, 4) is 0 Å². The minimum absolute atomic E-state index is 0.790. The zero-order valence-corrected chi connectivity index (χ0v) is 25.1. The van der Waals surface area contributed by atoms with Crippen LogP contribution < -0.4 is 10.6 Å². The van der Waals surface area contributed by atoms with Gasteiger partial charge in [0.05, 0.1) is 45.8 Å². The summed E-state index contributed by atoms with van der Waals surface area (Å²) in [7, 11) is 0. The normalized spacial score (nSPS) is 19.1. The molecule has 4 aliphatic heterocycles. The Balaban J connectivity index is 1.90. The van der Waals surface area contributed by atoms with Gasteiger partial charge in [0.15, 0.2) is 0 Å². The van der Waals surface area contributed by atoms with E-state index >= 15 is 0 Å². The zero-order valence-electron chi connectivity index (χ0n) is 25.1. The quantitative estimate of drug-likeness (QED) is 0.374. The Labute approximate surface area is 238 Å². The van der Waals surface area contributed by atoms with Gasteiger partial charge in [-0.2, -0.15) is 0 Å². The third kappa shape index (κ3) is 4.46. The Morgan fingerprint density at radius 2 is 0.950 bits per heavy atom. The summed E-state index contributed by atoms with van der Waals surface area (Å²) in [5.41, 5.74) is 15.8. The molecule has 40 heavy (non-hydrogen) atoms. The van der Waals surface area contributed by atoms with Crippen molar-refractivity contribution in [2.75, 3.05) is 0 Å². The lowest BCUT2D eigenvalue weighted by molar-refractivity contribution is 0.539. The maximum atomic E-state index is 10.4. The van der Waals surface area contributed by atoms with E-state index in [1.54, 1.807) is 0 Å². The number of aliphatic hydroxyl groups excluding tert-OH is 1. The van der Waals surface area contributed by atoms with Crippen molar-refractivity contribution in [2.45, 2.75) is 93.4 Å². The van der Waals surface area contributed by atoms with E-state index in [0.717, 1.165) is 101 Å². The summed E-state index contributed by atoms with van der Waals surface area (Å²) in [4.78, 5) is 19.2. The first-order valence-corrected chi connectivity index (χ1v) is 15.1. The van der Waals surface area contributed by atoms with Crippen molar-refractivity contribution in [1.82, 2.24) is 4.98 Å². The van der Waals surface area contributed by atoms with Crippen LogP contribution in [0.5, 0.6) is 0 Å². The van der Waals surface area contributed by atoms with Crippen LogP contribution in [0.15, 0.2) is 77.7 Å². The van der Waals surface area contributed by atoms with Gasteiger partial charge in [-0.3, -0.25) is 0 Å². The number of nitrogens with zero attached hydrogens (tertiary/aromatic N) is 3. The minimum Gasteiger partial charge on any atom is -0.515 e. The molecule has 5 heterocycles. The van der Waals surface area contributed by atoms with Crippen LogP contribution >= 0.6 is 0 Å². The predicted octanol–water partition coefficient (Wildman–Crippen LogP) is 7.49. The Kier molecular flexibility index (Phi) is 7.93. The van der Waals surface area contributed by atoms with E-state index in [4.69, 9.17) is 15.0 Å². The minimum atomic E-state index is 0.790. The van der Waals surface area contributed by atoms with Crippen molar-refractivity contribution in [3.05, 3.63) is 84.5 Å². The largest absolute Gasteiger partial charge is 0.515 e. The molecule has 0 amide bonds. The molecule has 0 spiro atoms. The molecule has 0 saturated heterocycles. The van der Waals surface area contributed by atoms with Crippen molar-refractivity contribution in [2.24, 2.45) is 15.0 Å². The van der Waals surface area contributed by atoms with E-state index in [9.17, 15) is 5.11 Å². The molecule has 2 N–H and O–H groups in total. The lowest BCUT2D eigenvalue weighted by Crippen LogP contribution is -2.26. The van der Waals surface area contributed by atoms with Gasteiger partial charge < -0.3 is 10.1 Å². The molecular formula is C35H42N4O. The van der Waals surface area contributed by atoms with Crippen LogP contribution in [0, 0.1) is 0 Å². The third-order valence-electron chi connectivity index (χ3n) is 8.59. The molecule has 4 aliphatic rings. The van der Waals surface area contributed by atoms with E-state index in [1.807, 2.05) is 0 Å². The maximum absolute atomic E-state index is 10.4. The second-order valence-electron chi connectivity index (χ2n) is 10.5. The highest BCUT2D eigenvalue weighted by atomic mass is 16.2. The highest BCUT2D eigenvalue weighted by Gasteiger charge is 2.27. The molecule has 5 heteroatoms. The average Bonchev–Trinajstić information content (AvgIpc) is 3.67. The summed E-state index contributed by atoms with van der Waals surface area (Å²) in [6, 6.07) is 0. The molecule has 0 aromatic carbocycles. The first-order valence-electron chi connectivity index (χ1n) is 15.1. The fourth-order valence-corrected chi connectivity index (χ4v) is 6.70. The SMILES string of the molecule is CCC1=C(CC)C2=NC1=CC1=NC(=Cc3[nH]c(c(=CO)c3CC)=CC3=NC(=C2)C(CC)=C3CC)C(CC)=C1CC. The Hall–Kier alpha value is -3.73. The van der Waals surface area contributed by atoms with Crippen LogP contribution in [-0.2, 0) is 6.42 Å². The van der Waals surface area contributed by atoms with E-state index in [1.165, 1.54) is 39.7 Å². The number of hydrogen-bond donors (Lipinski definition) is 2. The molecule has 5 nitrogen and oxygen atoms in total. The van der Waals surface area contributed by atoms with Gasteiger partial charge in [-0.15, -0.1) is 0 Å². The number of aromatic amines is 1. The fraction of sp³-hybridized carbons (Fsp3) is 0.400. The number of hydrogen-bond acceptors (Lipinski definition) is 4. The van der Waals surface area contributed by atoms with E-state index < -0.39 is 0 Å². The number of nitrogens with one attached hydrogen (secondary N) is 1. The smallest absolute Gasteiger partial charge is 0.0888 e. The van der Waals surface area contributed by atoms with Crippen molar-refractivity contribution in [3.63, 3.8) is 0 Å². The number of aromatic nitrogens is 1.